The molecule has 0 aliphatic rings. The van der Waals surface area contributed by atoms with E-state index in [2.05, 4.69) is 5.32 Å². The van der Waals surface area contributed by atoms with Gasteiger partial charge in [-0.3, -0.25) is 13.9 Å². The quantitative estimate of drug-likeness (QED) is 0.221. The number of carbonyl (C=O) groups is 2. The largest absolute Gasteiger partial charge is 0.354 e. The van der Waals surface area contributed by atoms with Crippen molar-refractivity contribution in [2.24, 2.45) is 0 Å². The van der Waals surface area contributed by atoms with Crippen LogP contribution in [0.25, 0.3) is 0 Å². The van der Waals surface area contributed by atoms with E-state index in [1.165, 1.54) is 23.1 Å². The Labute approximate surface area is 253 Å². The van der Waals surface area contributed by atoms with Gasteiger partial charge in [0.25, 0.3) is 10.0 Å². The third-order valence-electron chi connectivity index (χ3n) is 6.84. The third kappa shape index (κ3) is 8.24. The zero-order valence-electron chi connectivity index (χ0n) is 23.9. The van der Waals surface area contributed by atoms with E-state index in [0.29, 0.717) is 34.1 Å². The molecule has 7 nitrogen and oxygen atoms in total. The van der Waals surface area contributed by atoms with Crippen LogP contribution in [-0.2, 0) is 26.2 Å². The highest BCUT2D eigenvalue weighted by Gasteiger charge is 2.34. The molecule has 0 fully saturated rings. The first-order valence-electron chi connectivity index (χ1n) is 13.7. The Morgan fingerprint density at radius 1 is 0.951 bits per heavy atom. The second-order valence-electron chi connectivity index (χ2n) is 9.94. The number of anilines is 1. The van der Waals surface area contributed by atoms with Crippen LogP contribution in [0.5, 0.6) is 0 Å². The molecule has 1 N–H and O–H groups in total. The lowest BCUT2D eigenvalue weighted by Crippen LogP contribution is -2.52. The Hall–Kier alpha value is -3.07. The molecule has 0 aliphatic heterocycles. The van der Waals surface area contributed by atoms with E-state index in [-0.39, 0.29) is 23.0 Å². The van der Waals surface area contributed by atoms with Crippen molar-refractivity contribution in [3.63, 3.8) is 0 Å². The zero-order chi connectivity index (χ0) is 30.2. The molecule has 0 bridgehead atoms. The SMILES string of the molecule is CCCCNC(=O)[C@H](CC)N(Cc1ccccc1Cl)C(=O)CN(c1cc(Cl)ccc1C)S(=O)(=O)c1ccc(C)cc1. The molecule has 0 saturated heterocycles. The van der Waals surface area contributed by atoms with Crippen molar-refractivity contribution in [1.29, 1.82) is 0 Å². The van der Waals surface area contributed by atoms with Crippen LogP contribution in [0.1, 0.15) is 49.8 Å². The monoisotopic (exact) mass is 617 g/mol. The molecule has 0 aliphatic carbocycles. The first-order chi connectivity index (χ1) is 19.5. The fourth-order valence-corrected chi connectivity index (χ4v) is 6.27. The predicted molar refractivity (Wildman–Crippen MR) is 166 cm³/mol. The normalized spacial score (nSPS) is 12.0. The van der Waals surface area contributed by atoms with E-state index in [0.717, 1.165) is 22.7 Å². The van der Waals surface area contributed by atoms with Gasteiger partial charge in [-0.05, 0) is 68.1 Å². The van der Waals surface area contributed by atoms with E-state index in [1.54, 1.807) is 55.5 Å². The summed E-state index contributed by atoms with van der Waals surface area (Å²) in [4.78, 5) is 28.9. The summed E-state index contributed by atoms with van der Waals surface area (Å²) < 4.78 is 29.1. The van der Waals surface area contributed by atoms with Gasteiger partial charge in [-0.2, -0.15) is 0 Å². The molecule has 0 radical (unpaired) electrons. The number of aryl methyl sites for hydroxylation is 2. The van der Waals surface area contributed by atoms with Crippen LogP contribution < -0.4 is 9.62 Å². The van der Waals surface area contributed by atoms with E-state index in [1.807, 2.05) is 20.8 Å². The van der Waals surface area contributed by atoms with Crippen molar-refractivity contribution < 1.29 is 18.0 Å². The van der Waals surface area contributed by atoms with Gasteiger partial charge in [-0.1, -0.05) is 85.4 Å². The third-order valence-corrected chi connectivity index (χ3v) is 9.22. The second kappa shape index (κ2) is 14.7. The molecule has 2 amide bonds. The average Bonchev–Trinajstić information content (AvgIpc) is 2.94. The van der Waals surface area contributed by atoms with Gasteiger partial charge in [0.15, 0.2) is 0 Å². The van der Waals surface area contributed by atoms with Gasteiger partial charge in [0, 0.05) is 23.1 Å². The number of nitrogens with one attached hydrogen (secondary N) is 1. The smallest absolute Gasteiger partial charge is 0.264 e. The van der Waals surface area contributed by atoms with Crippen LogP contribution >= 0.6 is 23.2 Å². The second-order valence-corrected chi connectivity index (χ2v) is 12.6. The minimum Gasteiger partial charge on any atom is -0.354 e. The van der Waals surface area contributed by atoms with Crippen molar-refractivity contribution in [1.82, 2.24) is 10.2 Å². The topological polar surface area (TPSA) is 86.8 Å². The highest BCUT2D eigenvalue weighted by molar-refractivity contribution is 7.92. The van der Waals surface area contributed by atoms with Crippen LogP contribution in [0.3, 0.4) is 0 Å². The van der Waals surface area contributed by atoms with Crippen molar-refractivity contribution in [3.8, 4) is 0 Å². The number of nitrogens with zero attached hydrogens (tertiary/aromatic N) is 2. The predicted octanol–water partition coefficient (Wildman–Crippen LogP) is 6.53. The summed E-state index contributed by atoms with van der Waals surface area (Å²) in [5.41, 5.74) is 2.45. The first-order valence-corrected chi connectivity index (χ1v) is 15.8. The Kier molecular flexibility index (Phi) is 11.6. The number of benzene rings is 3. The molecule has 0 spiro atoms. The number of hydrogen-bond donors (Lipinski definition) is 1. The molecule has 0 heterocycles. The number of halogens is 2. The van der Waals surface area contributed by atoms with Gasteiger partial charge in [0.1, 0.15) is 12.6 Å². The van der Waals surface area contributed by atoms with E-state index >= 15 is 0 Å². The molecular weight excluding hydrogens is 581 g/mol. The Morgan fingerprint density at radius 3 is 2.27 bits per heavy atom. The van der Waals surface area contributed by atoms with Crippen LogP contribution in [0.4, 0.5) is 5.69 Å². The number of amides is 2. The lowest BCUT2D eigenvalue weighted by atomic mass is 10.1. The van der Waals surface area contributed by atoms with Crippen LogP contribution in [0.2, 0.25) is 10.0 Å². The molecule has 10 heteroatoms. The molecule has 3 rings (SSSR count). The van der Waals surface area contributed by atoms with Crippen LogP contribution in [0.15, 0.2) is 71.6 Å². The van der Waals surface area contributed by atoms with Crippen molar-refractivity contribution in [3.05, 3.63) is 93.5 Å². The average molecular weight is 619 g/mol. The maximum absolute atomic E-state index is 14.2. The van der Waals surface area contributed by atoms with E-state index < -0.39 is 28.5 Å². The number of unbranched alkanes of at least 4 members (excludes halogenated alkanes) is 1. The minimum atomic E-state index is -4.19. The van der Waals surface area contributed by atoms with Gasteiger partial charge < -0.3 is 10.2 Å². The molecule has 3 aromatic carbocycles. The first kappa shape index (κ1) is 32.4. The summed E-state index contributed by atoms with van der Waals surface area (Å²) in [6.45, 7) is 7.44. The van der Waals surface area contributed by atoms with Crippen LogP contribution in [0, 0.1) is 13.8 Å². The van der Waals surface area contributed by atoms with Crippen molar-refractivity contribution in [2.45, 2.75) is 64.4 Å². The Balaban J connectivity index is 2.09. The summed E-state index contributed by atoms with van der Waals surface area (Å²) in [5.74, 6) is -0.842. The minimum absolute atomic E-state index is 0.0329. The number of hydrogen-bond acceptors (Lipinski definition) is 4. The highest BCUT2D eigenvalue weighted by Crippen LogP contribution is 2.30. The van der Waals surface area contributed by atoms with Gasteiger partial charge in [0.05, 0.1) is 10.6 Å². The number of rotatable bonds is 13. The summed E-state index contributed by atoms with van der Waals surface area (Å²) in [5, 5.41) is 3.69. The zero-order valence-corrected chi connectivity index (χ0v) is 26.2. The van der Waals surface area contributed by atoms with E-state index in [4.69, 9.17) is 23.2 Å². The number of sulfonamides is 1. The molecule has 0 aromatic heterocycles. The van der Waals surface area contributed by atoms with Gasteiger partial charge in [0.2, 0.25) is 11.8 Å². The molecule has 1 atom stereocenters. The molecule has 220 valence electrons. The van der Waals surface area contributed by atoms with Gasteiger partial charge in [-0.15, -0.1) is 0 Å². The number of carbonyl (C=O) groups excluding carboxylic acids is 2. The summed E-state index contributed by atoms with van der Waals surface area (Å²) in [6.07, 6.45) is 2.04. The Bertz CT molecular complexity index is 1460. The maximum Gasteiger partial charge on any atom is 0.264 e. The molecule has 0 saturated carbocycles. The fourth-order valence-electron chi connectivity index (χ4n) is 4.44. The summed E-state index contributed by atoms with van der Waals surface area (Å²) >= 11 is 12.7. The Morgan fingerprint density at radius 2 is 1.63 bits per heavy atom. The van der Waals surface area contributed by atoms with Gasteiger partial charge >= 0.3 is 0 Å². The summed E-state index contributed by atoms with van der Waals surface area (Å²) in [7, 11) is -4.19. The summed E-state index contributed by atoms with van der Waals surface area (Å²) in [6, 6.07) is 17.6. The van der Waals surface area contributed by atoms with Gasteiger partial charge in [-0.25, -0.2) is 8.42 Å². The highest BCUT2D eigenvalue weighted by atomic mass is 35.5. The molecule has 0 unspecified atom stereocenters. The van der Waals surface area contributed by atoms with Crippen molar-refractivity contribution >= 4 is 50.7 Å². The lowest BCUT2D eigenvalue weighted by molar-refractivity contribution is -0.140. The maximum atomic E-state index is 14.2. The molecule has 3 aromatic rings. The van der Waals surface area contributed by atoms with Crippen LogP contribution in [-0.4, -0.2) is 44.3 Å². The molecule has 41 heavy (non-hydrogen) atoms. The van der Waals surface area contributed by atoms with Crippen molar-refractivity contribution in [2.75, 3.05) is 17.4 Å². The molecular formula is C31H37Cl2N3O4S. The standard InChI is InChI=1S/C31H37Cl2N3O4S/c1-5-7-18-34-31(38)28(6-2)35(20-24-10-8-9-11-27(24)33)30(37)21-36(29-19-25(32)15-14-23(29)4)41(39,40)26-16-12-22(3)13-17-26/h8-17,19,28H,5-7,18,20-21H2,1-4H3,(H,34,38)/t28-/m0/s1. The fraction of sp³-hybridized carbons (Fsp3) is 0.355. The lowest BCUT2D eigenvalue weighted by Gasteiger charge is -2.33. The van der Waals surface area contributed by atoms with E-state index in [9.17, 15) is 18.0 Å².